The average molecular weight is 340 g/mol. The summed E-state index contributed by atoms with van der Waals surface area (Å²) in [5, 5.41) is 3.00. The summed E-state index contributed by atoms with van der Waals surface area (Å²) in [5.74, 6) is 1.37. The van der Waals surface area contributed by atoms with Crippen LogP contribution in [-0.2, 0) is 4.79 Å². The molecule has 0 saturated carbocycles. The highest BCUT2D eigenvalue weighted by molar-refractivity contribution is 9.10. The Morgan fingerprint density at radius 3 is 2.90 bits per heavy atom. The molecule has 0 aromatic heterocycles. The van der Waals surface area contributed by atoms with Crippen molar-refractivity contribution in [2.24, 2.45) is 5.92 Å². The van der Waals surface area contributed by atoms with Crippen LogP contribution in [0, 0.1) is 5.92 Å². The van der Waals surface area contributed by atoms with Gasteiger partial charge in [-0.1, -0.05) is 15.9 Å². The number of ether oxygens (including phenoxy) is 1. The Kier molecular flexibility index (Phi) is 3.70. The maximum atomic E-state index is 11.9. The fourth-order valence-electron chi connectivity index (χ4n) is 3.23. The number of nitrogens with one attached hydrogen (secondary N) is 3. The van der Waals surface area contributed by atoms with Crippen LogP contribution in [0.5, 0.6) is 5.75 Å². The predicted octanol–water partition coefficient (Wildman–Crippen LogP) is 1.50. The van der Waals surface area contributed by atoms with Gasteiger partial charge in [-0.05, 0) is 30.7 Å². The van der Waals surface area contributed by atoms with Crippen LogP contribution in [0.25, 0.3) is 0 Å². The molecule has 4 unspecified atom stereocenters. The van der Waals surface area contributed by atoms with Gasteiger partial charge in [0, 0.05) is 28.8 Å². The number of hydrazine groups is 1. The number of carbonyl (C=O) groups is 1. The molecule has 4 atom stereocenters. The lowest BCUT2D eigenvalue weighted by atomic mass is 9.76. The number of hydrogen-bond donors (Lipinski definition) is 3. The Hall–Kier alpha value is -1.11. The van der Waals surface area contributed by atoms with E-state index in [0.29, 0.717) is 18.4 Å². The van der Waals surface area contributed by atoms with E-state index in [0.717, 1.165) is 15.8 Å². The van der Waals surface area contributed by atoms with Crippen LogP contribution in [0.15, 0.2) is 22.7 Å². The lowest BCUT2D eigenvalue weighted by Crippen LogP contribution is -2.52. The number of hydrogen-bond acceptors (Lipinski definition) is 4. The summed E-state index contributed by atoms with van der Waals surface area (Å²) in [6, 6.07) is 6.22. The van der Waals surface area contributed by atoms with Crippen LogP contribution in [0.2, 0.25) is 0 Å². The first kappa shape index (κ1) is 13.9. The number of piperidine rings is 1. The second kappa shape index (κ2) is 5.35. The van der Waals surface area contributed by atoms with Gasteiger partial charge >= 0.3 is 0 Å². The molecular formula is C14H18BrN3O2. The highest BCUT2D eigenvalue weighted by Crippen LogP contribution is 2.41. The number of amides is 1. The molecule has 5 nitrogen and oxygen atoms in total. The minimum Gasteiger partial charge on any atom is -0.497 e. The standard InChI is InChI=1S/C14H18BrN3O2/c1-7-13-10(6-12(19)16-14(13)18-17-7)9-5-8(20-2)3-4-11(9)15/h3-5,7,10,13-14,17-18H,6H2,1-2H3,(H,16,19). The Morgan fingerprint density at radius 2 is 2.15 bits per heavy atom. The Labute approximate surface area is 126 Å². The van der Waals surface area contributed by atoms with Crippen LogP contribution in [0.3, 0.4) is 0 Å². The number of fused-ring (bicyclic) bond motifs is 1. The molecule has 3 rings (SSSR count). The second-order valence-corrected chi connectivity index (χ2v) is 6.25. The molecule has 2 fully saturated rings. The second-order valence-electron chi connectivity index (χ2n) is 5.40. The Bertz CT molecular complexity index is 537. The minimum absolute atomic E-state index is 0.0191. The number of rotatable bonds is 2. The molecule has 0 aliphatic carbocycles. The van der Waals surface area contributed by atoms with Crippen molar-refractivity contribution in [3.05, 3.63) is 28.2 Å². The average Bonchev–Trinajstić information content (AvgIpc) is 2.80. The zero-order chi connectivity index (χ0) is 14.3. The van der Waals surface area contributed by atoms with Crippen LogP contribution in [0.1, 0.15) is 24.8 Å². The van der Waals surface area contributed by atoms with Gasteiger partial charge in [0.05, 0.1) is 13.3 Å². The van der Waals surface area contributed by atoms with Crippen molar-refractivity contribution in [3.8, 4) is 5.75 Å². The van der Waals surface area contributed by atoms with Gasteiger partial charge in [0.1, 0.15) is 5.75 Å². The van der Waals surface area contributed by atoms with Crippen molar-refractivity contribution in [2.45, 2.75) is 31.5 Å². The van der Waals surface area contributed by atoms with Crippen molar-refractivity contribution >= 4 is 21.8 Å². The highest BCUT2D eigenvalue weighted by atomic mass is 79.9. The Balaban J connectivity index is 2.00. The van der Waals surface area contributed by atoms with Gasteiger partial charge in [-0.25, -0.2) is 5.43 Å². The van der Waals surface area contributed by atoms with Crippen LogP contribution >= 0.6 is 15.9 Å². The summed E-state index contributed by atoms with van der Waals surface area (Å²) in [4.78, 5) is 11.9. The summed E-state index contributed by atoms with van der Waals surface area (Å²) in [6.45, 7) is 2.14. The molecule has 108 valence electrons. The Morgan fingerprint density at radius 1 is 1.35 bits per heavy atom. The number of carbonyl (C=O) groups excluding carboxylic acids is 1. The molecule has 0 spiro atoms. The maximum absolute atomic E-state index is 11.9. The van der Waals surface area contributed by atoms with E-state index in [4.69, 9.17) is 4.74 Å². The predicted molar refractivity (Wildman–Crippen MR) is 79.2 cm³/mol. The van der Waals surface area contributed by atoms with Crippen molar-refractivity contribution in [1.82, 2.24) is 16.2 Å². The zero-order valence-electron chi connectivity index (χ0n) is 11.4. The van der Waals surface area contributed by atoms with Gasteiger partial charge in [0.25, 0.3) is 0 Å². The zero-order valence-corrected chi connectivity index (χ0v) is 13.0. The molecule has 2 aliphatic rings. The van der Waals surface area contributed by atoms with E-state index in [1.54, 1.807) is 7.11 Å². The molecule has 1 aromatic carbocycles. The first-order valence-corrected chi connectivity index (χ1v) is 7.53. The van der Waals surface area contributed by atoms with Gasteiger partial charge in [0.2, 0.25) is 5.91 Å². The molecule has 20 heavy (non-hydrogen) atoms. The third-order valence-corrected chi connectivity index (χ3v) is 4.94. The first-order chi connectivity index (χ1) is 9.60. The molecule has 2 heterocycles. The molecule has 2 aliphatic heterocycles. The molecule has 0 bridgehead atoms. The molecular weight excluding hydrogens is 322 g/mol. The summed E-state index contributed by atoms with van der Waals surface area (Å²) in [6.07, 6.45) is 0.482. The monoisotopic (exact) mass is 339 g/mol. The van der Waals surface area contributed by atoms with Gasteiger partial charge in [-0.2, -0.15) is 0 Å². The molecule has 1 amide bonds. The van der Waals surface area contributed by atoms with Crippen LogP contribution < -0.4 is 20.9 Å². The molecule has 1 aromatic rings. The van der Waals surface area contributed by atoms with E-state index in [1.807, 2.05) is 18.2 Å². The van der Waals surface area contributed by atoms with E-state index in [-0.39, 0.29) is 18.0 Å². The van der Waals surface area contributed by atoms with Crippen molar-refractivity contribution < 1.29 is 9.53 Å². The van der Waals surface area contributed by atoms with E-state index >= 15 is 0 Å². The van der Waals surface area contributed by atoms with Gasteiger partial charge in [-0.3, -0.25) is 10.2 Å². The number of benzene rings is 1. The summed E-state index contributed by atoms with van der Waals surface area (Å²) in [5.41, 5.74) is 7.51. The largest absolute Gasteiger partial charge is 0.497 e. The van der Waals surface area contributed by atoms with Gasteiger partial charge in [0.15, 0.2) is 0 Å². The van der Waals surface area contributed by atoms with E-state index < -0.39 is 0 Å². The smallest absolute Gasteiger partial charge is 0.221 e. The number of methoxy groups -OCH3 is 1. The van der Waals surface area contributed by atoms with E-state index in [2.05, 4.69) is 39.0 Å². The summed E-state index contributed by atoms with van der Waals surface area (Å²) >= 11 is 3.60. The lowest BCUT2D eigenvalue weighted by Gasteiger charge is -2.35. The highest BCUT2D eigenvalue weighted by Gasteiger charge is 2.44. The van der Waals surface area contributed by atoms with E-state index in [1.165, 1.54) is 0 Å². The third-order valence-electron chi connectivity index (χ3n) is 4.22. The fraction of sp³-hybridized carbons (Fsp3) is 0.500. The van der Waals surface area contributed by atoms with Crippen molar-refractivity contribution in [3.63, 3.8) is 0 Å². The summed E-state index contributed by atoms with van der Waals surface area (Å²) < 4.78 is 6.34. The lowest BCUT2D eigenvalue weighted by molar-refractivity contribution is -0.125. The number of halogens is 1. The van der Waals surface area contributed by atoms with Crippen molar-refractivity contribution in [2.75, 3.05) is 7.11 Å². The van der Waals surface area contributed by atoms with Crippen LogP contribution in [-0.4, -0.2) is 25.2 Å². The minimum atomic E-state index is -0.0191. The molecule has 3 N–H and O–H groups in total. The van der Waals surface area contributed by atoms with Crippen molar-refractivity contribution in [1.29, 1.82) is 0 Å². The fourth-order valence-corrected chi connectivity index (χ4v) is 3.77. The van der Waals surface area contributed by atoms with Crippen LogP contribution in [0.4, 0.5) is 0 Å². The quantitative estimate of drug-likeness (QED) is 0.764. The summed E-state index contributed by atoms with van der Waals surface area (Å²) in [7, 11) is 1.66. The molecule has 2 saturated heterocycles. The topological polar surface area (TPSA) is 62.4 Å². The van der Waals surface area contributed by atoms with Gasteiger partial charge in [-0.15, -0.1) is 0 Å². The van der Waals surface area contributed by atoms with E-state index in [9.17, 15) is 4.79 Å². The maximum Gasteiger partial charge on any atom is 0.221 e. The van der Waals surface area contributed by atoms with Gasteiger partial charge < -0.3 is 10.1 Å². The SMILES string of the molecule is COc1ccc(Br)c(C2CC(=O)NC3NNC(C)C32)c1. The first-order valence-electron chi connectivity index (χ1n) is 6.74. The molecule has 6 heteroatoms. The molecule has 0 radical (unpaired) electrons. The normalized spacial score (nSPS) is 32.6. The third kappa shape index (κ3) is 2.32.